The number of nitro benzene ring substituents is 1. The van der Waals surface area contributed by atoms with E-state index >= 15 is 0 Å². The van der Waals surface area contributed by atoms with Crippen molar-refractivity contribution in [2.75, 3.05) is 28.7 Å². The van der Waals surface area contributed by atoms with E-state index in [0.717, 1.165) is 14.9 Å². The molecule has 0 saturated heterocycles. The maximum atomic E-state index is 12.2. The van der Waals surface area contributed by atoms with Gasteiger partial charge in [0.05, 0.1) is 16.9 Å². The molecule has 0 spiro atoms. The predicted molar refractivity (Wildman–Crippen MR) is 110 cm³/mol. The molecule has 0 aliphatic heterocycles. The summed E-state index contributed by atoms with van der Waals surface area (Å²) in [5.74, 6) is -0.312. The van der Waals surface area contributed by atoms with E-state index in [-0.39, 0.29) is 36.7 Å². The molecule has 152 valence electrons. The Bertz CT molecular complexity index is 976. The quantitative estimate of drug-likeness (QED) is 0.269. The standard InChI is InChI=1S/C15H19N5O5S3/c1-10-6-7-11(20(22)23)9-12(10)19(28(3,24)25)8-4-5-13(21)16-14-17-18-15(26-2)27-14/h6-7,9H,4-5,8H2,1-3H3,(H,16,17,21). The van der Waals surface area contributed by atoms with Gasteiger partial charge in [-0.1, -0.05) is 29.2 Å². The molecule has 0 radical (unpaired) electrons. The smallest absolute Gasteiger partial charge is 0.271 e. The van der Waals surface area contributed by atoms with Crippen LogP contribution in [0, 0.1) is 17.0 Å². The lowest BCUT2D eigenvalue weighted by molar-refractivity contribution is -0.384. The lowest BCUT2D eigenvalue weighted by Crippen LogP contribution is -2.32. The fourth-order valence-electron chi connectivity index (χ4n) is 2.35. The topological polar surface area (TPSA) is 135 Å². The zero-order chi connectivity index (χ0) is 20.9. The van der Waals surface area contributed by atoms with Crippen LogP contribution in [0.4, 0.5) is 16.5 Å². The fourth-order valence-corrected chi connectivity index (χ4v) is 4.55. The number of benzene rings is 1. The third-order valence-corrected chi connectivity index (χ3v) is 6.66. The fraction of sp³-hybridized carbons (Fsp3) is 0.400. The Labute approximate surface area is 170 Å². The molecular formula is C15H19N5O5S3. The van der Waals surface area contributed by atoms with E-state index in [1.165, 1.54) is 41.3 Å². The van der Waals surface area contributed by atoms with Crippen molar-refractivity contribution in [3.8, 4) is 0 Å². The van der Waals surface area contributed by atoms with E-state index in [0.29, 0.717) is 10.7 Å². The third kappa shape index (κ3) is 5.87. The van der Waals surface area contributed by atoms with E-state index in [9.17, 15) is 23.3 Å². The molecule has 0 fully saturated rings. The summed E-state index contributed by atoms with van der Waals surface area (Å²) in [7, 11) is -3.68. The molecule has 1 heterocycles. The number of hydrogen-bond acceptors (Lipinski definition) is 9. The Morgan fingerprint density at radius 3 is 2.68 bits per heavy atom. The van der Waals surface area contributed by atoms with Gasteiger partial charge < -0.3 is 5.32 Å². The molecule has 13 heteroatoms. The van der Waals surface area contributed by atoms with Gasteiger partial charge in [-0.3, -0.25) is 19.2 Å². The summed E-state index contributed by atoms with van der Waals surface area (Å²) in [4.78, 5) is 22.5. The second kappa shape index (κ2) is 9.30. The zero-order valence-corrected chi connectivity index (χ0v) is 17.9. The van der Waals surface area contributed by atoms with Gasteiger partial charge in [0.2, 0.25) is 21.1 Å². The number of nitro groups is 1. The van der Waals surface area contributed by atoms with Crippen LogP contribution in [-0.4, -0.2) is 48.5 Å². The highest BCUT2D eigenvalue weighted by molar-refractivity contribution is 8.00. The number of carbonyl (C=O) groups excluding carboxylic acids is 1. The molecule has 2 aromatic rings. The zero-order valence-electron chi connectivity index (χ0n) is 15.4. The minimum absolute atomic E-state index is 0.0143. The van der Waals surface area contributed by atoms with Crippen LogP contribution in [0.25, 0.3) is 0 Å². The number of thioether (sulfide) groups is 1. The minimum atomic E-state index is -3.68. The van der Waals surface area contributed by atoms with Crippen LogP contribution in [0.1, 0.15) is 18.4 Å². The summed E-state index contributed by atoms with van der Waals surface area (Å²) in [6.45, 7) is 1.68. The van der Waals surface area contributed by atoms with Crippen molar-refractivity contribution in [3.63, 3.8) is 0 Å². The highest BCUT2D eigenvalue weighted by Gasteiger charge is 2.22. The molecule has 0 aliphatic carbocycles. The Morgan fingerprint density at radius 2 is 2.11 bits per heavy atom. The van der Waals surface area contributed by atoms with E-state index < -0.39 is 14.9 Å². The molecule has 1 aromatic heterocycles. The molecule has 28 heavy (non-hydrogen) atoms. The number of non-ortho nitro benzene ring substituents is 1. The van der Waals surface area contributed by atoms with Gasteiger partial charge in [0.15, 0.2) is 4.34 Å². The molecule has 0 aliphatic rings. The van der Waals surface area contributed by atoms with Gasteiger partial charge in [-0.25, -0.2) is 8.42 Å². The van der Waals surface area contributed by atoms with E-state index in [4.69, 9.17) is 0 Å². The molecule has 0 saturated carbocycles. The van der Waals surface area contributed by atoms with Gasteiger partial charge in [0.1, 0.15) is 0 Å². The molecule has 0 atom stereocenters. The van der Waals surface area contributed by atoms with Gasteiger partial charge in [-0.05, 0) is 25.2 Å². The van der Waals surface area contributed by atoms with Crippen LogP contribution < -0.4 is 9.62 Å². The van der Waals surface area contributed by atoms with Crippen LogP contribution in [0.2, 0.25) is 0 Å². The van der Waals surface area contributed by atoms with Crippen molar-refractivity contribution >= 4 is 55.5 Å². The van der Waals surface area contributed by atoms with Crippen molar-refractivity contribution in [2.24, 2.45) is 0 Å². The lowest BCUT2D eigenvalue weighted by atomic mass is 10.1. The number of rotatable bonds is 9. The Morgan fingerprint density at radius 1 is 1.39 bits per heavy atom. The summed E-state index contributed by atoms with van der Waals surface area (Å²) in [5.41, 5.74) is 0.609. The molecule has 10 nitrogen and oxygen atoms in total. The first kappa shape index (κ1) is 22.0. The first-order valence-electron chi connectivity index (χ1n) is 8.02. The van der Waals surface area contributed by atoms with Crippen LogP contribution in [0.3, 0.4) is 0 Å². The molecule has 2 rings (SSSR count). The van der Waals surface area contributed by atoms with Crippen molar-refractivity contribution in [1.29, 1.82) is 0 Å². The number of nitrogens with zero attached hydrogens (tertiary/aromatic N) is 4. The van der Waals surface area contributed by atoms with Crippen LogP contribution >= 0.6 is 23.1 Å². The van der Waals surface area contributed by atoms with E-state index in [2.05, 4.69) is 15.5 Å². The highest BCUT2D eigenvalue weighted by Crippen LogP contribution is 2.28. The van der Waals surface area contributed by atoms with Crippen LogP contribution in [-0.2, 0) is 14.8 Å². The summed E-state index contributed by atoms with van der Waals surface area (Å²) >= 11 is 2.66. The average molecular weight is 446 g/mol. The Balaban J connectivity index is 2.06. The summed E-state index contributed by atoms with van der Waals surface area (Å²) < 4.78 is 26.2. The molecule has 1 aromatic carbocycles. The molecule has 1 N–H and O–H groups in total. The van der Waals surface area contributed by atoms with Crippen molar-refractivity contribution in [1.82, 2.24) is 10.2 Å². The number of aromatic nitrogens is 2. The van der Waals surface area contributed by atoms with E-state index in [1.807, 2.05) is 6.26 Å². The third-order valence-electron chi connectivity index (χ3n) is 3.67. The van der Waals surface area contributed by atoms with Crippen LogP contribution in [0.15, 0.2) is 22.5 Å². The van der Waals surface area contributed by atoms with Gasteiger partial charge in [0.25, 0.3) is 5.69 Å². The number of aryl methyl sites for hydroxylation is 1. The first-order valence-corrected chi connectivity index (χ1v) is 11.9. The Kier molecular flexibility index (Phi) is 7.32. The average Bonchev–Trinajstić information content (AvgIpc) is 3.06. The number of carbonyl (C=O) groups is 1. The second-order valence-electron chi connectivity index (χ2n) is 5.79. The van der Waals surface area contributed by atoms with Gasteiger partial charge in [-0.2, -0.15) is 0 Å². The van der Waals surface area contributed by atoms with Gasteiger partial charge in [0, 0.05) is 25.1 Å². The summed E-state index contributed by atoms with van der Waals surface area (Å²) in [6, 6.07) is 4.04. The largest absolute Gasteiger partial charge is 0.301 e. The summed E-state index contributed by atoms with van der Waals surface area (Å²) in [6.07, 6.45) is 3.17. The van der Waals surface area contributed by atoms with Crippen molar-refractivity contribution < 1.29 is 18.1 Å². The van der Waals surface area contributed by atoms with Crippen molar-refractivity contribution in [2.45, 2.75) is 24.1 Å². The molecule has 0 unspecified atom stereocenters. The molecular weight excluding hydrogens is 426 g/mol. The number of sulfonamides is 1. The maximum Gasteiger partial charge on any atom is 0.271 e. The SMILES string of the molecule is CSc1nnc(NC(=O)CCCN(c2cc([N+](=O)[O-])ccc2C)S(C)(=O)=O)s1. The second-order valence-corrected chi connectivity index (χ2v) is 9.73. The lowest BCUT2D eigenvalue weighted by Gasteiger charge is -2.23. The number of anilines is 2. The highest BCUT2D eigenvalue weighted by atomic mass is 32.2. The van der Waals surface area contributed by atoms with Gasteiger partial charge in [-0.15, -0.1) is 10.2 Å². The maximum absolute atomic E-state index is 12.2. The number of hydrogen-bond donors (Lipinski definition) is 1. The van der Waals surface area contributed by atoms with Crippen molar-refractivity contribution in [3.05, 3.63) is 33.9 Å². The number of nitrogens with one attached hydrogen (secondary N) is 1. The number of amides is 1. The molecule has 1 amide bonds. The Hall–Kier alpha value is -2.25. The van der Waals surface area contributed by atoms with E-state index in [1.54, 1.807) is 6.92 Å². The predicted octanol–water partition coefficient (Wildman–Crippen LogP) is 2.66. The van der Waals surface area contributed by atoms with Gasteiger partial charge >= 0.3 is 0 Å². The monoisotopic (exact) mass is 445 g/mol. The first-order chi connectivity index (χ1) is 13.1. The normalized spacial score (nSPS) is 11.2. The minimum Gasteiger partial charge on any atom is -0.301 e. The molecule has 0 bridgehead atoms. The van der Waals surface area contributed by atoms with Crippen LogP contribution in [0.5, 0.6) is 0 Å². The summed E-state index contributed by atoms with van der Waals surface area (Å²) in [5, 5.41) is 21.7.